The van der Waals surface area contributed by atoms with Crippen LogP contribution < -0.4 is 15.4 Å². The fourth-order valence-electron chi connectivity index (χ4n) is 1.27. The molecule has 0 aromatic carbocycles. The first kappa shape index (κ1) is 21.2. The Hall–Kier alpha value is -0.130. The molecule has 0 fully saturated rings. The Labute approximate surface area is 133 Å². The summed E-state index contributed by atoms with van der Waals surface area (Å²) < 4.78 is 29.1. The van der Waals surface area contributed by atoms with Crippen molar-refractivity contribution in [2.24, 2.45) is 4.99 Å². The van der Waals surface area contributed by atoms with Gasteiger partial charge >= 0.3 is 0 Å². The average Bonchev–Trinajstić information content (AvgIpc) is 2.25. The van der Waals surface area contributed by atoms with Crippen LogP contribution in [-0.4, -0.2) is 60.5 Å². The second-order valence-corrected chi connectivity index (χ2v) is 5.85. The molecule has 0 heterocycles. The number of nitrogens with one attached hydrogen (secondary N) is 3. The van der Waals surface area contributed by atoms with Crippen LogP contribution in [0.15, 0.2) is 4.99 Å². The quantitative estimate of drug-likeness (QED) is 0.223. The van der Waals surface area contributed by atoms with Gasteiger partial charge in [0.15, 0.2) is 5.96 Å². The largest absolute Gasteiger partial charge is 0.383 e. The van der Waals surface area contributed by atoms with E-state index in [2.05, 4.69) is 20.3 Å². The van der Waals surface area contributed by atoms with Crippen molar-refractivity contribution in [2.45, 2.75) is 19.4 Å². The number of aliphatic imine (C=N–C) groups is 1. The summed E-state index contributed by atoms with van der Waals surface area (Å²) in [5.41, 5.74) is 0. The van der Waals surface area contributed by atoms with Crippen molar-refractivity contribution in [1.82, 2.24) is 15.4 Å². The monoisotopic (exact) mass is 408 g/mol. The highest BCUT2D eigenvalue weighted by atomic mass is 127. The van der Waals surface area contributed by atoms with Crippen LogP contribution in [0.4, 0.5) is 0 Å². The maximum atomic E-state index is 10.8. The zero-order chi connectivity index (χ0) is 14.0. The number of ether oxygens (including phenoxy) is 1. The molecule has 0 radical (unpaired) electrons. The van der Waals surface area contributed by atoms with E-state index in [1.54, 1.807) is 14.2 Å². The Bertz CT molecular complexity index is 349. The molecule has 1 unspecified atom stereocenters. The SMILES string of the molecule is CN=C(NCCCNS(C)(=O)=O)NC(C)COC.I. The molecule has 3 N–H and O–H groups in total. The van der Waals surface area contributed by atoms with Gasteiger partial charge in [-0.05, 0) is 13.3 Å². The van der Waals surface area contributed by atoms with Crippen LogP contribution in [0.5, 0.6) is 0 Å². The summed E-state index contributed by atoms with van der Waals surface area (Å²) in [6.45, 7) is 3.64. The van der Waals surface area contributed by atoms with Crippen molar-refractivity contribution < 1.29 is 13.2 Å². The highest BCUT2D eigenvalue weighted by Crippen LogP contribution is 1.83. The molecule has 1 atom stereocenters. The van der Waals surface area contributed by atoms with Crippen LogP contribution in [-0.2, 0) is 14.8 Å². The van der Waals surface area contributed by atoms with Crippen LogP contribution in [0.3, 0.4) is 0 Å². The third-order valence-electron chi connectivity index (χ3n) is 2.03. The molecular formula is C10H25IN4O3S. The molecule has 0 aliphatic carbocycles. The summed E-state index contributed by atoms with van der Waals surface area (Å²) in [6, 6.07) is 0.162. The Morgan fingerprint density at radius 2 is 2.00 bits per heavy atom. The summed E-state index contributed by atoms with van der Waals surface area (Å²) in [5, 5.41) is 6.24. The van der Waals surface area contributed by atoms with E-state index in [0.29, 0.717) is 32.1 Å². The molecule has 0 aromatic rings. The van der Waals surface area contributed by atoms with Crippen molar-refractivity contribution in [3.05, 3.63) is 0 Å². The molecule has 0 aliphatic rings. The number of rotatable bonds is 8. The molecule has 0 amide bonds. The van der Waals surface area contributed by atoms with Gasteiger partial charge in [0.05, 0.1) is 12.9 Å². The maximum Gasteiger partial charge on any atom is 0.208 e. The lowest BCUT2D eigenvalue weighted by Crippen LogP contribution is -2.44. The van der Waals surface area contributed by atoms with Gasteiger partial charge in [0.2, 0.25) is 10.0 Å². The van der Waals surface area contributed by atoms with E-state index in [1.165, 1.54) is 0 Å². The van der Waals surface area contributed by atoms with Crippen LogP contribution in [0.25, 0.3) is 0 Å². The van der Waals surface area contributed by atoms with Gasteiger partial charge in [0.1, 0.15) is 0 Å². The number of guanidine groups is 1. The lowest BCUT2D eigenvalue weighted by Gasteiger charge is -2.17. The maximum absolute atomic E-state index is 10.8. The summed E-state index contributed by atoms with van der Waals surface area (Å²) in [6.07, 6.45) is 1.83. The predicted octanol–water partition coefficient (Wildman–Crippen LogP) is -0.256. The first-order valence-electron chi connectivity index (χ1n) is 5.79. The molecule has 0 saturated heterocycles. The third kappa shape index (κ3) is 14.1. The van der Waals surface area contributed by atoms with Gasteiger partial charge in [-0.15, -0.1) is 24.0 Å². The first-order chi connectivity index (χ1) is 8.39. The number of hydrogen-bond acceptors (Lipinski definition) is 4. The smallest absolute Gasteiger partial charge is 0.208 e. The van der Waals surface area contributed by atoms with E-state index in [4.69, 9.17) is 4.74 Å². The van der Waals surface area contributed by atoms with Gasteiger partial charge in [0.25, 0.3) is 0 Å². The normalized spacial score (nSPS) is 13.6. The van der Waals surface area contributed by atoms with Gasteiger partial charge in [0, 0.05) is 33.3 Å². The molecule has 0 rings (SSSR count). The van der Waals surface area contributed by atoms with Crippen molar-refractivity contribution in [3.8, 4) is 0 Å². The molecule has 0 aromatic heterocycles. The molecular weight excluding hydrogens is 383 g/mol. The third-order valence-corrected chi connectivity index (χ3v) is 2.76. The van der Waals surface area contributed by atoms with E-state index < -0.39 is 10.0 Å². The first-order valence-corrected chi connectivity index (χ1v) is 7.69. The van der Waals surface area contributed by atoms with Gasteiger partial charge in [-0.25, -0.2) is 13.1 Å². The number of sulfonamides is 1. The zero-order valence-corrected chi connectivity index (χ0v) is 15.0. The van der Waals surface area contributed by atoms with Crippen LogP contribution in [0.1, 0.15) is 13.3 Å². The topological polar surface area (TPSA) is 91.8 Å². The summed E-state index contributed by atoms with van der Waals surface area (Å²) >= 11 is 0. The standard InChI is InChI=1S/C10H24N4O3S.HI/c1-9(8-17-3)14-10(11-2)12-6-5-7-13-18(4,15)16;/h9,13H,5-8H2,1-4H3,(H2,11,12,14);1H. The molecule has 116 valence electrons. The lowest BCUT2D eigenvalue weighted by molar-refractivity contribution is 0.179. The van der Waals surface area contributed by atoms with Crippen LogP contribution in [0.2, 0.25) is 0 Å². The van der Waals surface area contributed by atoms with E-state index in [0.717, 1.165) is 6.26 Å². The second-order valence-electron chi connectivity index (χ2n) is 4.02. The van der Waals surface area contributed by atoms with Gasteiger partial charge in [-0.2, -0.15) is 0 Å². The zero-order valence-electron chi connectivity index (χ0n) is 11.9. The molecule has 9 heteroatoms. The number of halogens is 1. The van der Waals surface area contributed by atoms with Crippen LogP contribution in [0, 0.1) is 0 Å². The Kier molecular flexibility index (Phi) is 13.0. The van der Waals surface area contributed by atoms with E-state index in [-0.39, 0.29) is 30.0 Å². The highest BCUT2D eigenvalue weighted by molar-refractivity contribution is 14.0. The molecule has 0 bridgehead atoms. The fourth-order valence-corrected chi connectivity index (χ4v) is 1.79. The molecule has 19 heavy (non-hydrogen) atoms. The highest BCUT2D eigenvalue weighted by Gasteiger charge is 2.04. The molecule has 0 saturated carbocycles. The fraction of sp³-hybridized carbons (Fsp3) is 0.900. The molecule has 7 nitrogen and oxygen atoms in total. The van der Waals surface area contributed by atoms with Gasteiger partial charge in [-0.3, -0.25) is 4.99 Å². The van der Waals surface area contributed by atoms with Crippen molar-refractivity contribution in [3.63, 3.8) is 0 Å². The Balaban J connectivity index is 0. The molecule has 0 aliphatic heterocycles. The minimum absolute atomic E-state index is 0. The van der Waals surface area contributed by atoms with E-state index >= 15 is 0 Å². The summed E-state index contributed by atoms with van der Waals surface area (Å²) in [7, 11) is 0.231. The molecule has 0 spiro atoms. The van der Waals surface area contributed by atoms with Gasteiger partial charge in [-0.1, -0.05) is 0 Å². The minimum Gasteiger partial charge on any atom is -0.383 e. The van der Waals surface area contributed by atoms with Crippen LogP contribution >= 0.6 is 24.0 Å². The van der Waals surface area contributed by atoms with Crippen molar-refractivity contribution in [2.75, 3.05) is 40.1 Å². The Morgan fingerprint density at radius 3 is 2.47 bits per heavy atom. The van der Waals surface area contributed by atoms with Crippen molar-refractivity contribution >= 4 is 40.0 Å². The lowest BCUT2D eigenvalue weighted by atomic mass is 10.3. The van der Waals surface area contributed by atoms with Crippen molar-refractivity contribution in [1.29, 1.82) is 0 Å². The number of methoxy groups -OCH3 is 1. The summed E-state index contributed by atoms with van der Waals surface area (Å²) in [5.74, 6) is 0.680. The predicted molar refractivity (Wildman–Crippen MR) is 88.7 cm³/mol. The Morgan fingerprint density at radius 1 is 1.37 bits per heavy atom. The second kappa shape index (κ2) is 11.7. The van der Waals surface area contributed by atoms with Gasteiger partial charge < -0.3 is 15.4 Å². The minimum atomic E-state index is -3.10. The summed E-state index contributed by atoms with van der Waals surface area (Å²) in [4.78, 5) is 4.06. The number of hydrogen-bond donors (Lipinski definition) is 3. The van der Waals surface area contributed by atoms with E-state index in [9.17, 15) is 8.42 Å². The van der Waals surface area contributed by atoms with E-state index in [1.807, 2.05) is 6.92 Å². The average molecular weight is 408 g/mol. The number of nitrogens with zero attached hydrogens (tertiary/aromatic N) is 1.